The second kappa shape index (κ2) is 5.30. The molecular formula is C15H26N2S. The number of hydrogen-bond donors (Lipinski definition) is 1. The van der Waals surface area contributed by atoms with Gasteiger partial charge in [-0.1, -0.05) is 34.6 Å². The van der Waals surface area contributed by atoms with E-state index in [1.165, 1.54) is 28.4 Å². The number of fused-ring (bicyclic) bond motifs is 1. The zero-order chi connectivity index (χ0) is 13.3. The minimum Gasteiger partial charge on any atom is -0.309 e. The van der Waals surface area contributed by atoms with Crippen molar-refractivity contribution in [3.63, 3.8) is 0 Å². The highest BCUT2D eigenvalue weighted by atomic mass is 32.1. The number of nitrogens with zero attached hydrogens (tertiary/aromatic N) is 1. The van der Waals surface area contributed by atoms with Gasteiger partial charge in [-0.05, 0) is 31.2 Å². The van der Waals surface area contributed by atoms with Gasteiger partial charge in [0.25, 0.3) is 0 Å². The fourth-order valence-electron chi connectivity index (χ4n) is 2.75. The lowest BCUT2D eigenvalue weighted by Gasteiger charge is -2.34. The molecule has 2 nitrogen and oxygen atoms in total. The number of nitrogens with one attached hydrogen (secondary N) is 1. The molecule has 2 atom stereocenters. The summed E-state index contributed by atoms with van der Waals surface area (Å²) in [6.45, 7) is 12.5. The fourth-order valence-corrected chi connectivity index (χ4v) is 4.04. The van der Waals surface area contributed by atoms with Crippen molar-refractivity contribution in [2.75, 3.05) is 6.54 Å². The maximum Gasteiger partial charge on any atom is 0.0959 e. The maximum atomic E-state index is 4.93. The molecule has 0 bridgehead atoms. The normalized spacial score (nSPS) is 23.7. The van der Waals surface area contributed by atoms with Crippen LogP contribution in [-0.2, 0) is 6.42 Å². The second-order valence-corrected chi connectivity index (χ2v) is 7.39. The van der Waals surface area contributed by atoms with Gasteiger partial charge in [0.15, 0.2) is 0 Å². The predicted octanol–water partition coefficient (Wildman–Crippen LogP) is 4.28. The van der Waals surface area contributed by atoms with Gasteiger partial charge in [-0.25, -0.2) is 4.98 Å². The van der Waals surface area contributed by atoms with E-state index in [0.29, 0.717) is 17.4 Å². The summed E-state index contributed by atoms with van der Waals surface area (Å²) < 4.78 is 0. The zero-order valence-electron chi connectivity index (χ0n) is 12.3. The van der Waals surface area contributed by atoms with Crippen molar-refractivity contribution >= 4 is 11.3 Å². The van der Waals surface area contributed by atoms with Gasteiger partial charge in [-0.3, -0.25) is 0 Å². The van der Waals surface area contributed by atoms with E-state index in [9.17, 15) is 0 Å². The van der Waals surface area contributed by atoms with E-state index in [0.717, 1.165) is 13.0 Å². The summed E-state index contributed by atoms with van der Waals surface area (Å²) in [5.74, 6) is 0.603. The van der Waals surface area contributed by atoms with Gasteiger partial charge < -0.3 is 5.32 Å². The van der Waals surface area contributed by atoms with Gasteiger partial charge in [-0.2, -0.15) is 0 Å². The third kappa shape index (κ3) is 2.77. The van der Waals surface area contributed by atoms with Crippen molar-refractivity contribution in [3.05, 3.63) is 15.6 Å². The number of thiazole rings is 1. The van der Waals surface area contributed by atoms with E-state index in [1.807, 2.05) is 11.3 Å². The van der Waals surface area contributed by atoms with Crippen molar-refractivity contribution in [1.82, 2.24) is 10.3 Å². The Morgan fingerprint density at radius 3 is 2.78 bits per heavy atom. The molecule has 0 saturated heterocycles. The van der Waals surface area contributed by atoms with Crippen LogP contribution < -0.4 is 5.32 Å². The Kier molecular flexibility index (Phi) is 4.12. The minimum atomic E-state index is 0.376. The Morgan fingerprint density at radius 1 is 1.44 bits per heavy atom. The molecule has 1 aliphatic carbocycles. The van der Waals surface area contributed by atoms with Gasteiger partial charge in [0, 0.05) is 16.8 Å². The Bertz CT molecular complexity index is 409. The SMILES string of the molecule is CCNC1CC(C)(C)Cc2nc(C(C)CC)sc21. The van der Waals surface area contributed by atoms with E-state index in [-0.39, 0.29) is 0 Å². The van der Waals surface area contributed by atoms with E-state index >= 15 is 0 Å². The van der Waals surface area contributed by atoms with Gasteiger partial charge in [-0.15, -0.1) is 11.3 Å². The Hall–Kier alpha value is -0.410. The highest BCUT2D eigenvalue weighted by molar-refractivity contribution is 7.12. The topological polar surface area (TPSA) is 24.9 Å². The van der Waals surface area contributed by atoms with Crippen molar-refractivity contribution in [1.29, 1.82) is 0 Å². The van der Waals surface area contributed by atoms with E-state index in [2.05, 4.69) is 39.9 Å². The van der Waals surface area contributed by atoms with Crippen molar-refractivity contribution in [2.45, 2.75) is 65.8 Å². The van der Waals surface area contributed by atoms with E-state index in [4.69, 9.17) is 4.98 Å². The lowest BCUT2D eigenvalue weighted by molar-refractivity contribution is 0.260. The maximum absolute atomic E-state index is 4.93. The predicted molar refractivity (Wildman–Crippen MR) is 79.3 cm³/mol. The molecule has 2 rings (SSSR count). The number of aromatic nitrogens is 1. The molecule has 18 heavy (non-hydrogen) atoms. The first-order valence-electron chi connectivity index (χ1n) is 7.19. The largest absolute Gasteiger partial charge is 0.309 e. The quantitative estimate of drug-likeness (QED) is 0.880. The van der Waals surface area contributed by atoms with Crippen LogP contribution in [0.4, 0.5) is 0 Å². The molecule has 0 aromatic carbocycles. The molecule has 1 heterocycles. The molecule has 1 N–H and O–H groups in total. The van der Waals surface area contributed by atoms with Crippen molar-refractivity contribution in [2.24, 2.45) is 5.41 Å². The first-order valence-corrected chi connectivity index (χ1v) is 8.01. The molecule has 1 aliphatic rings. The molecule has 0 fully saturated rings. The number of hydrogen-bond acceptors (Lipinski definition) is 3. The third-order valence-corrected chi connectivity index (χ3v) is 5.39. The summed E-state index contributed by atoms with van der Waals surface area (Å²) in [4.78, 5) is 6.43. The Labute approximate surface area is 115 Å². The van der Waals surface area contributed by atoms with Crippen LogP contribution in [0.15, 0.2) is 0 Å². The summed E-state index contributed by atoms with van der Waals surface area (Å²) in [6.07, 6.45) is 3.55. The molecule has 2 unspecified atom stereocenters. The van der Waals surface area contributed by atoms with Crippen LogP contribution >= 0.6 is 11.3 Å². The Morgan fingerprint density at radius 2 is 2.17 bits per heavy atom. The minimum absolute atomic E-state index is 0.376. The molecule has 0 saturated carbocycles. The fraction of sp³-hybridized carbons (Fsp3) is 0.800. The molecule has 3 heteroatoms. The summed E-state index contributed by atoms with van der Waals surface area (Å²) in [5, 5.41) is 4.97. The first kappa shape index (κ1) is 14.0. The van der Waals surface area contributed by atoms with Gasteiger partial charge in [0.1, 0.15) is 0 Å². The first-order chi connectivity index (χ1) is 8.46. The van der Waals surface area contributed by atoms with E-state index in [1.54, 1.807) is 0 Å². The molecule has 0 spiro atoms. The van der Waals surface area contributed by atoms with Crippen molar-refractivity contribution < 1.29 is 0 Å². The molecule has 102 valence electrons. The van der Waals surface area contributed by atoms with Gasteiger partial charge in [0.05, 0.1) is 10.7 Å². The molecular weight excluding hydrogens is 240 g/mol. The molecule has 1 aromatic heterocycles. The summed E-state index contributed by atoms with van der Waals surface area (Å²) >= 11 is 1.94. The Balaban J connectivity index is 2.33. The van der Waals surface area contributed by atoms with Gasteiger partial charge in [0.2, 0.25) is 0 Å². The highest BCUT2D eigenvalue weighted by Gasteiger charge is 2.34. The van der Waals surface area contributed by atoms with Crippen LogP contribution in [0.5, 0.6) is 0 Å². The second-order valence-electron chi connectivity index (χ2n) is 6.33. The monoisotopic (exact) mass is 266 g/mol. The van der Waals surface area contributed by atoms with Crippen molar-refractivity contribution in [3.8, 4) is 0 Å². The summed E-state index contributed by atoms with van der Waals surface area (Å²) in [5.41, 5.74) is 1.73. The molecule has 1 aromatic rings. The summed E-state index contributed by atoms with van der Waals surface area (Å²) in [6, 6.07) is 0.518. The standard InChI is InChI=1S/C15H26N2S/c1-6-10(3)14-17-12-9-15(4,5)8-11(16-7-2)13(12)18-14/h10-11,16H,6-9H2,1-5H3. The zero-order valence-corrected chi connectivity index (χ0v) is 13.2. The van der Waals surface area contributed by atoms with E-state index < -0.39 is 0 Å². The average molecular weight is 266 g/mol. The van der Waals surface area contributed by atoms with Crippen LogP contribution in [0.3, 0.4) is 0 Å². The van der Waals surface area contributed by atoms with Crippen LogP contribution in [0.2, 0.25) is 0 Å². The molecule has 0 amide bonds. The third-order valence-electron chi connectivity index (χ3n) is 3.95. The van der Waals surface area contributed by atoms with Crippen LogP contribution in [0.25, 0.3) is 0 Å². The lowest BCUT2D eigenvalue weighted by Crippen LogP contribution is -2.32. The smallest absolute Gasteiger partial charge is 0.0959 e. The lowest BCUT2D eigenvalue weighted by atomic mass is 9.76. The molecule has 0 aliphatic heterocycles. The van der Waals surface area contributed by atoms with Crippen LogP contribution in [-0.4, -0.2) is 11.5 Å². The summed E-state index contributed by atoms with van der Waals surface area (Å²) in [7, 11) is 0. The molecule has 0 radical (unpaired) electrons. The van der Waals surface area contributed by atoms with Gasteiger partial charge >= 0.3 is 0 Å². The highest BCUT2D eigenvalue weighted by Crippen LogP contribution is 2.44. The van der Waals surface area contributed by atoms with Crippen LogP contribution in [0, 0.1) is 5.41 Å². The number of rotatable bonds is 4. The van der Waals surface area contributed by atoms with Crippen LogP contribution in [0.1, 0.15) is 75.0 Å². The average Bonchev–Trinajstić information content (AvgIpc) is 2.70.